The molecule has 190 valence electrons. The van der Waals surface area contributed by atoms with E-state index < -0.39 is 17.9 Å². The summed E-state index contributed by atoms with van der Waals surface area (Å²) in [5.74, 6) is -1.29. The highest BCUT2D eigenvalue weighted by Gasteiger charge is 2.47. The molecule has 1 saturated carbocycles. The third kappa shape index (κ3) is 5.50. The molecule has 1 N–H and O–H groups in total. The first-order valence-electron chi connectivity index (χ1n) is 12.7. The molecule has 1 aliphatic carbocycles. The van der Waals surface area contributed by atoms with Crippen LogP contribution in [0.5, 0.6) is 5.75 Å². The van der Waals surface area contributed by atoms with Gasteiger partial charge in [-0.15, -0.1) is 0 Å². The second kappa shape index (κ2) is 10.6. The van der Waals surface area contributed by atoms with Crippen LogP contribution < -0.4 is 9.64 Å². The molecule has 2 aromatic carbocycles. The lowest BCUT2D eigenvalue weighted by Gasteiger charge is -2.41. The highest BCUT2D eigenvalue weighted by molar-refractivity contribution is 6.13. The monoisotopic (exact) mass is 490 g/mol. The Balaban J connectivity index is 1.87. The summed E-state index contributed by atoms with van der Waals surface area (Å²) in [6.45, 7) is 6.80. The minimum absolute atomic E-state index is 0.0381. The molecule has 1 fully saturated rings. The summed E-state index contributed by atoms with van der Waals surface area (Å²) in [6, 6.07) is 14.3. The molecule has 36 heavy (non-hydrogen) atoms. The Morgan fingerprint density at radius 2 is 1.89 bits per heavy atom. The Hall–Kier alpha value is -3.48. The number of anilines is 1. The van der Waals surface area contributed by atoms with Gasteiger partial charge in [0.25, 0.3) is 0 Å². The Kier molecular flexibility index (Phi) is 7.57. The molecule has 7 nitrogen and oxygen atoms in total. The highest BCUT2D eigenvalue weighted by Crippen LogP contribution is 2.48. The van der Waals surface area contributed by atoms with Crippen molar-refractivity contribution in [2.45, 2.75) is 65.3 Å². The molecule has 0 saturated heterocycles. The van der Waals surface area contributed by atoms with Gasteiger partial charge in [0.1, 0.15) is 11.5 Å². The molecular weight excluding hydrogens is 456 g/mol. The summed E-state index contributed by atoms with van der Waals surface area (Å²) in [4.78, 5) is 45.3. The standard InChI is InChI=1S/C29H34N2O5/c1-4-5-15-36-20-10-8-9-19(16-20)28-27-22(17-29(2,3)18-24(27)32)30-21-11-6-7-12-23(21)31(28)25(33)13-14-26(34)35/h6-12,16,27-28H,4-5,13-15,17-18H2,1-3H3,(H,34,35)/t27-,28-/m1/s1. The third-order valence-corrected chi connectivity index (χ3v) is 6.81. The van der Waals surface area contributed by atoms with Gasteiger partial charge in [0.15, 0.2) is 0 Å². The molecule has 2 aromatic rings. The number of hydrogen-bond acceptors (Lipinski definition) is 5. The number of nitrogens with zero attached hydrogens (tertiary/aromatic N) is 2. The number of benzene rings is 2. The number of ketones is 1. The van der Waals surface area contributed by atoms with Crippen LogP contribution in [0.15, 0.2) is 53.5 Å². The van der Waals surface area contributed by atoms with Crippen molar-refractivity contribution in [2.24, 2.45) is 16.3 Å². The number of amides is 1. The number of carbonyl (C=O) groups excluding carboxylic acids is 2. The molecule has 7 heteroatoms. The van der Waals surface area contributed by atoms with E-state index in [9.17, 15) is 19.5 Å². The van der Waals surface area contributed by atoms with Crippen LogP contribution in [-0.2, 0) is 14.4 Å². The van der Waals surface area contributed by atoms with Gasteiger partial charge in [-0.1, -0.05) is 51.5 Å². The van der Waals surface area contributed by atoms with Crippen LogP contribution in [0.1, 0.15) is 70.9 Å². The summed E-state index contributed by atoms with van der Waals surface area (Å²) in [5, 5.41) is 9.26. The molecule has 1 aliphatic heterocycles. The van der Waals surface area contributed by atoms with Gasteiger partial charge in [-0.3, -0.25) is 19.4 Å². The zero-order valence-corrected chi connectivity index (χ0v) is 21.2. The predicted octanol–water partition coefficient (Wildman–Crippen LogP) is 5.90. The summed E-state index contributed by atoms with van der Waals surface area (Å²) >= 11 is 0. The van der Waals surface area contributed by atoms with E-state index in [1.54, 1.807) is 4.90 Å². The molecule has 0 radical (unpaired) electrons. The van der Waals surface area contributed by atoms with Gasteiger partial charge >= 0.3 is 5.97 Å². The van der Waals surface area contributed by atoms with Crippen LogP contribution >= 0.6 is 0 Å². The molecular formula is C29H34N2O5. The number of para-hydroxylation sites is 2. The lowest BCUT2D eigenvalue weighted by molar-refractivity contribution is -0.138. The molecule has 0 bridgehead atoms. The Morgan fingerprint density at radius 3 is 2.64 bits per heavy atom. The van der Waals surface area contributed by atoms with Crippen LogP contribution in [0.3, 0.4) is 0 Å². The maximum atomic E-state index is 13.7. The van der Waals surface area contributed by atoms with Gasteiger partial charge in [0.2, 0.25) is 5.91 Å². The third-order valence-electron chi connectivity index (χ3n) is 6.81. The van der Waals surface area contributed by atoms with E-state index in [0.29, 0.717) is 36.6 Å². The van der Waals surface area contributed by atoms with Gasteiger partial charge < -0.3 is 14.7 Å². The fraction of sp³-hybridized carbons (Fsp3) is 0.448. The van der Waals surface area contributed by atoms with E-state index in [4.69, 9.17) is 9.73 Å². The van der Waals surface area contributed by atoms with Crippen LogP contribution in [0.4, 0.5) is 11.4 Å². The Morgan fingerprint density at radius 1 is 1.11 bits per heavy atom. The summed E-state index contributed by atoms with van der Waals surface area (Å²) < 4.78 is 5.95. The smallest absolute Gasteiger partial charge is 0.303 e. The molecule has 2 atom stereocenters. The first-order valence-corrected chi connectivity index (χ1v) is 12.7. The number of hydrogen-bond donors (Lipinski definition) is 1. The number of aliphatic imine (C=N–C) groups is 1. The first kappa shape index (κ1) is 25.6. The van der Waals surface area contributed by atoms with Crippen LogP contribution in [0.25, 0.3) is 0 Å². The minimum Gasteiger partial charge on any atom is -0.494 e. The number of Topliss-reactive ketones (excluding diaryl/α,β-unsaturated/α-hetero) is 1. The average Bonchev–Trinajstić information content (AvgIpc) is 2.96. The Labute approximate surface area is 212 Å². The maximum Gasteiger partial charge on any atom is 0.303 e. The fourth-order valence-electron chi connectivity index (χ4n) is 5.20. The second-order valence-corrected chi connectivity index (χ2v) is 10.4. The second-order valence-electron chi connectivity index (χ2n) is 10.4. The van der Waals surface area contributed by atoms with Crippen molar-refractivity contribution in [1.29, 1.82) is 0 Å². The number of carboxylic acid groups (broad SMARTS) is 1. The maximum absolute atomic E-state index is 13.7. The van der Waals surface area contributed by atoms with Gasteiger partial charge in [0.05, 0.1) is 36.4 Å². The molecule has 1 amide bonds. The molecule has 0 unspecified atom stereocenters. The van der Waals surface area contributed by atoms with Gasteiger partial charge in [-0.2, -0.15) is 0 Å². The van der Waals surface area contributed by atoms with E-state index in [-0.39, 0.29) is 29.9 Å². The zero-order valence-electron chi connectivity index (χ0n) is 21.2. The number of fused-ring (bicyclic) bond motifs is 2. The van der Waals surface area contributed by atoms with Crippen LogP contribution in [0, 0.1) is 11.3 Å². The fourth-order valence-corrected chi connectivity index (χ4v) is 5.20. The van der Waals surface area contributed by atoms with Gasteiger partial charge in [-0.25, -0.2) is 0 Å². The van der Waals surface area contributed by atoms with E-state index in [0.717, 1.165) is 24.1 Å². The van der Waals surface area contributed by atoms with Crippen molar-refractivity contribution >= 4 is 34.7 Å². The molecule has 1 heterocycles. The van der Waals surface area contributed by atoms with Crippen molar-refractivity contribution < 1.29 is 24.2 Å². The number of aliphatic carboxylic acids is 1. The Bertz CT molecular complexity index is 1190. The van der Waals surface area contributed by atoms with Crippen molar-refractivity contribution in [1.82, 2.24) is 0 Å². The number of rotatable bonds is 8. The number of carboxylic acids is 1. The van der Waals surface area contributed by atoms with Gasteiger partial charge in [-0.05, 0) is 48.1 Å². The average molecular weight is 491 g/mol. The van der Waals surface area contributed by atoms with E-state index in [2.05, 4.69) is 20.8 Å². The molecule has 0 spiro atoms. The van der Waals surface area contributed by atoms with E-state index >= 15 is 0 Å². The quantitative estimate of drug-likeness (QED) is 0.465. The summed E-state index contributed by atoms with van der Waals surface area (Å²) in [7, 11) is 0. The first-order chi connectivity index (χ1) is 17.2. The van der Waals surface area contributed by atoms with Crippen molar-refractivity contribution in [3.8, 4) is 5.75 Å². The van der Waals surface area contributed by atoms with Gasteiger partial charge in [0, 0.05) is 18.6 Å². The van der Waals surface area contributed by atoms with Crippen LogP contribution in [-0.4, -0.2) is 35.1 Å². The lowest BCUT2D eigenvalue weighted by atomic mass is 9.68. The SMILES string of the molecule is CCCCOc1cccc([C@@H]2[C@H]3C(=O)CC(C)(C)CC3=Nc3ccccc3N2C(=O)CCC(=O)O)c1. The number of carbonyl (C=O) groups is 3. The molecule has 2 aliphatic rings. The lowest BCUT2D eigenvalue weighted by Crippen LogP contribution is -2.47. The normalized spacial score (nSPS) is 20.6. The number of ether oxygens (including phenoxy) is 1. The summed E-state index contributed by atoms with van der Waals surface area (Å²) in [6.07, 6.45) is 2.49. The summed E-state index contributed by atoms with van der Waals surface area (Å²) in [5.41, 5.74) is 2.50. The topological polar surface area (TPSA) is 96.3 Å². The highest BCUT2D eigenvalue weighted by atomic mass is 16.5. The predicted molar refractivity (Wildman–Crippen MR) is 139 cm³/mol. The largest absolute Gasteiger partial charge is 0.494 e. The number of unbranched alkanes of at least 4 members (excludes halogenated alkanes) is 1. The van der Waals surface area contributed by atoms with E-state index in [1.807, 2.05) is 48.5 Å². The van der Waals surface area contributed by atoms with E-state index in [1.165, 1.54) is 0 Å². The van der Waals surface area contributed by atoms with Crippen molar-refractivity contribution in [3.63, 3.8) is 0 Å². The van der Waals surface area contributed by atoms with Crippen LogP contribution in [0.2, 0.25) is 0 Å². The van der Waals surface area contributed by atoms with Crippen molar-refractivity contribution in [2.75, 3.05) is 11.5 Å². The minimum atomic E-state index is -1.04. The zero-order chi connectivity index (χ0) is 25.9. The van der Waals surface area contributed by atoms with Crippen molar-refractivity contribution in [3.05, 3.63) is 54.1 Å². The molecule has 0 aromatic heterocycles. The molecule has 4 rings (SSSR count).